The summed E-state index contributed by atoms with van der Waals surface area (Å²) in [5.41, 5.74) is 4.23. The van der Waals surface area contributed by atoms with E-state index < -0.39 is 29.7 Å². The number of aliphatic hydroxyl groups is 1. The van der Waals surface area contributed by atoms with Crippen LogP contribution in [-0.4, -0.2) is 53.6 Å². The predicted octanol–water partition coefficient (Wildman–Crippen LogP) is 6.68. The topological polar surface area (TPSA) is 81.7 Å². The number of aryl methyl sites for hydroxylation is 1. The fourth-order valence-electron chi connectivity index (χ4n) is 6.32. The number of hydrogen-bond acceptors (Lipinski definition) is 4. The number of carbonyl (C=O) groups excluding carboxylic acids is 2. The summed E-state index contributed by atoms with van der Waals surface area (Å²) in [4.78, 5) is 28.7. The van der Waals surface area contributed by atoms with Crippen molar-refractivity contribution in [1.29, 1.82) is 0 Å². The van der Waals surface area contributed by atoms with Crippen molar-refractivity contribution in [3.05, 3.63) is 106 Å². The summed E-state index contributed by atoms with van der Waals surface area (Å²) in [6.45, 7) is 7.79. The zero-order valence-electron chi connectivity index (χ0n) is 26.8. The van der Waals surface area contributed by atoms with E-state index in [1.807, 2.05) is 26.8 Å². The van der Waals surface area contributed by atoms with Gasteiger partial charge in [0, 0.05) is 43.4 Å². The summed E-state index contributed by atoms with van der Waals surface area (Å²) in [7, 11) is 0. The second-order valence-corrected chi connectivity index (χ2v) is 12.4. The molecule has 0 aromatic heterocycles. The average Bonchev–Trinajstić information content (AvgIpc) is 3.55. The van der Waals surface area contributed by atoms with Crippen LogP contribution < -0.4 is 10.6 Å². The van der Waals surface area contributed by atoms with Crippen molar-refractivity contribution in [2.75, 3.05) is 19.6 Å². The van der Waals surface area contributed by atoms with Gasteiger partial charge < -0.3 is 20.6 Å². The average molecular weight is 620 g/mol. The molecular formula is C37H47F2N3O3. The van der Waals surface area contributed by atoms with Crippen molar-refractivity contribution in [2.45, 2.75) is 90.3 Å². The lowest BCUT2D eigenvalue weighted by Gasteiger charge is -2.25. The fraction of sp³-hybridized carbons (Fsp3) is 0.459. The third-order valence-corrected chi connectivity index (χ3v) is 8.48. The second kappa shape index (κ2) is 16.6. The molecule has 0 aliphatic heterocycles. The molecule has 1 aliphatic carbocycles. The highest BCUT2D eigenvalue weighted by molar-refractivity contribution is 6.00. The Morgan fingerprint density at radius 3 is 2.24 bits per heavy atom. The standard InChI is InChI=1S/C37H47F2N3O3/c1-4-13-42(14-5-2)37(45)31-16-25(3)15-30(21-31)36(44)41-34(20-27-18-32(38)22-33(39)19-27)35(43)24-40-23-26-9-8-12-29(17-26)28-10-6-7-11-28/h8-9,12,15-19,21-22,28,34-35,40,43H,4-7,10-11,13-14,20,23-24H2,1-3H3,(H,41,44)/t34-,35+/m0/s1. The summed E-state index contributed by atoms with van der Waals surface area (Å²) < 4.78 is 28.1. The minimum atomic E-state index is -1.06. The summed E-state index contributed by atoms with van der Waals surface area (Å²) in [5.74, 6) is -1.47. The minimum Gasteiger partial charge on any atom is -0.390 e. The zero-order valence-corrected chi connectivity index (χ0v) is 26.8. The van der Waals surface area contributed by atoms with Crippen molar-refractivity contribution in [2.24, 2.45) is 0 Å². The monoisotopic (exact) mass is 619 g/mol. The summed E-state index contributed by atoms with van der Waals surface area (Å²) in [6.07, 6.45) is 5.55. The fourth-order valence-corrected chi connectivity index (χ4v) is 6.32. The quantitative estimate of drug-likeness (QED) is 0.177. The molecule has 2 atom stereocenters. The van der Waals surface area contributed by atoms with Crippen LogP contribution in [0.3, 0.4) is 0 Å². The molecule has 1 fully saturated rings. The molecular weight excluding hydrogens is 572 g/mol. The SMILES string of the molecule is CCCN(CCC)C(=O)c1cc(C)cc(C(=O)N[C@@H](Cc2cc(F)cc(F)c2)[C@H](O)CNCc2cccc(C3CCCC3)c2)c1. The van der Waals surface area contributed by atoms with Gasteiger partial charge in [-0.05, 0) is 97.5 Å². The van der Waals surface area contributed by atoms with Gasteiger partial charge >= 0.3 is 0 Å². The van der Waals surface area contributed by atoms with Gasteiger partial charge in [-0.2, -0.15) is 0 Å². The van der Waals surface area contributed by atoms with Crippen LogP contribution in [-0.2, 0) is 13.0 Å². The molecule has 4 rings (SSSR count). The van der Waals surface area contributed by atoms with Gasteiger partial charge in [-0.25, -0.2) is 8.78 Å². The van der Waals surface area contributed by atoms with Crippen molar-refractivity contribution >= 4 is 11.8 Å². The summed E-state index contributed by atoms with van der Waals surface area (Å²) in [6, 6.07) is 15.9. The lowest BCUT2D eigenvalue weighted by Crippen LogP contribution is -2.48. The maximum absolute atomic E-state index is 14.0. The van der Waals surface area contributed by atoms with Gasteiger partial charge in [-0.1, -0.05) is 51.0 Å². The number of nitrogens with zero attached hydrogens (tertiary/aromatic N) is 1. The molecule has 0 spiro atoms. The Balaban J connectivity index is 1.49. The highest BCUT2D eigenvalue weighted by Gasteiger charge is 2.25. The van der Waals surface area contributed by atoms with Gasteiger partial charge in [0.15, 0.2) is 0 Å². The molecule has 0 bridgehead atoms. The minimum absolute atomic E-state index is 0.0127. The highest BCUT2D eigenvalue weighted by Crippen LogP contribution is 2.34. The summed E-state index contributed by atoms with van der Waals surface area (Å²) >= 11 is 0. The smallest absolute Gasteiger partial charge is 0.253 e. The van der Waals surface area contributed by atoms with Gasteiger partial charge in [0.25, 0.3) is 11.8 Å². The van der Waals surface area contributed by atoms with Gasteiger partial charge in [0.1, 0.15) is 11.6 Å². The molecule has 3 N–H and O–H groups in total. The second-order valence-electron chi connectivity index (χ2n) is 12.4. The van der Waals surface area contributed by atoms with E-state index >= 15 is 0 Å². The van der Waals surface area contributed by atoms with E-state index in [1.165, 1.54) is 43.4 Å². The van der Waals surface area contributed by atoms with E-state index in [-0.39, 0.29) is 24.4 Å². The Kier molecular flexibility index (Phi) is 12.7. The van der Waals surface area contributed by atoms with Gasteiger partial charge in [0.2, 0.25) is 0 Å². The third-order valence-electron chi connectivity index (χ3n) is 8.48. The van der Waals surface area contributed by atoms with Crippen LogP contribution in [0, 0.1) is 18.6 Å². The number of nitrogens with one attached hydrogen (secondary N) is 2. The molecule has 0 unspecified atom stereocenters. The van der Waals surface area contributed by atoms with Crippen LogP contribution >= 0.6 is 0 Å². The first-order valence-corrected chi connectivity index (χ1v) is 16.3. The summed E-state index contributed by atoms with van der Waals surface area (Å²) in [5, 5.41) is 17.5. The van der Waals surface area contributed by atoms with E-state index in [0.717, 1.165) is 30.0 Å². The largest absolute Gasteiger partial charge is 0.390 e. The molecule has 1 aliphatic rings. The molecule has 242 valence electrons. The number of rotatable bonds is 15. The molecule has 2 amide bonds. The molecule has 3 aromatic rings. The molecule has 0 heterocycles. The predicted molar refractivity (Wildman–Crippen MR) is 174 cm³/mol. The maximum atomic E-state index is 14.0. The molecule has 6 nitrogen and oxygen atoms in total. The first-order valence-electron chi connectivity index (χ1n) is 16.3. The van der Waals surface area contributed by atoms with E-state index in [0.29, 0.717) is 36.7 Å². The number of benzene rings is 3. The van der Waals surface area contributed by atoms with Gasteiger partial charge in [-0.3, -0.25) is 9.59 Å². The van der Waals surface area contributed by atoms with Crippen molar-refractivity contribution in [3.63, 3.8) is 0 Å². The van der Waals surface area contributed by atoms with Crippen LogP contribution in [0.2, 0.25) is 0 Å². The van der Waals surface area contributed by atoms with E-state index in [1.54, 1.807) is 23.1 Å². The Bertz CT molecular complexity index is 1410. The third kappa shape index (κ3) is 9.93. The normalized spacial score (nSPS) is 14.7. The number of carbonyl (C=O) groups is 2. The van der Waals surface area contributed by atoms with Crippen molar-refractivity contribution < 1.29 is 23.5 Å². The van der Waals surface area contributed by atoms with Crippen LogP contribution in [0.5, 0.6) is 0 Å². The first-order chi connectivity index (χ1) is 21.7. The molecule has 3 aromatic carbocycles. The van der Waals surface area contributed by atoms with Gasteiger partial charge in [0.05, 0.1) is 12.1 Å². The van der Waals surface area contributed by atoms with Crippen LogP contribution in [0.25, 0.3) is 0 Å². The maximum Gasteiger partial charge on any atom is 0.253 e. The van der Waals surface area contributed by atoms with E-state index in [2.05, 4.69) is 28.8 Å². The Morgan fingerprint density at radius 2 is 1.58 bits per heavy atom. The van der Waals surface area contributed by atoms with Crippen molar-refractivity contribution in [1.82, 2.24) is 15.5 Å². The molecule has 0 saturated heterocycles. The number of aliphatic hydroxyl groups excluding tert-OH is 1. The van der Waals surface area contributed by atoms with E-state index in [9.17, 15) is 23.5 Å². The number of amides is 2. The number of hydrogen-bond donors (Lipinski definition) is 3. The Morgan fingerprint density at radius 1 is 0.911 bits per heavy atom. The Hall–Kier alpha value is -3.62. The lowest BCUT2D eigenvalue weighted by atomic mass is 9.96. The number of halogens is 2. The van der Waals surface area contributed by atoms with Crippen LogP contribution in [0.15, 0.2) is 60.7 Å². The molecule has 1 saturated carbocycles. The van der Waals surface area contributed by atoms with Crippen LogP contribution in [0.4, 0.5) is 8.78 Å². The molecule has 8 heteroatoms. The van der Waals surface area contributed by atoms with Gasteiger partial charge in [-0.15, -0.1) is 0 Å². The highest BCUT2D eigenvalue weighted by atomic mass is 19.1. The zero-order chi connectivity index (χ0) is 32.3. The molecule has 45 heavy (non-hydrogen) atoms. The van der Waals surface area contributed by atoms with Crippen molar-refractivity contribution in [3.8, 4) is 0 Å². The lowest BCUT2D eigenvalue weighted by molar-refractivity contribution is 0.0755. The van der Waals surface area contributed by atoms with Crippen LogP contribution in [0.1, 0.15) is 101 Å². The first kappa shape index (κ1) is 34.3. The van der Waals surface area contributed by atoms with E-state index in [4.69, 9.17) is 0 Å². The Labute approximate surface area is 266 Å². The molecule has 0 radical (unpaired) electrons.